The summed E-state index contributed by atoms with van der Waals surface area (Å²) in [5.41, 5.74) is 1.28. The number of hydrogen-bond acceptors (Lipinski definition) is 2. The minimum absolute atomic E-state index is 0.157. The third-order valence-electron chi connectivity index (χ3n) is 2.16. The van der Waals surface area contributed by atoms with Gasteiger partial charge < -0.3 is 9.47 Å². The van der Waals surface area contributed by atoms with Crippen LogP contribution in [0.2, 0.25) is 0 Å². The fourth-order valence-electron chi connectivity index (χ4n) is 1.44. The number of ether oxygens (including phenoxy) is 2. The summed E-state index contributed by atoms with van der Waals surface area (Å²) in [5.74, 6) is 0. The van der Waals surface area contributed by atoms with Crippen molar-refractivity contribution in [1.82, 2.24) is 0 Å². The van der Waals surface area contributed by atoms with E-state index in [4.69, 9.17) is 9.47 Å². The molecule has 0 amide bonds. The molecule has 15 heavy (non-hydrogen) atoms. The van der Waals surface area contributed by atoms with Gasteiger partial charge in [-0.25, -0.2) is 0 Å². The van der Waals surface area contributed by atoms with Crippen LogP contribution in [-0.4, -0.2) is 20.0 Å². The molecule has 0 N–H and O–H groups in total. The Kier molecular flexibility index (Phi) is 5.74. The molecule has 0 fully saturated rings. The second-order valence-electron chi connectivity index (χ2n) is 3.41. The van der Waals surface area contributed by atoms with E-state index in [-0.39, 0.29) is 6.10 Å². The molecule has 1 unspecified atom stereocenters. The predicted molar refractivity (Wildman–Crippen MR) is 61.7 cm³/mol. The summed E-state index contributed by atoms with van der Waals surface area (Å²) in [6.07, 6.45) is 3.78. The topological polar surface area (TPSA) is 18.5 Å². The summed E-state index contributed by atoms with van der Waals surface area (Å²) in [6.45, 7) is 4.07. The minimum Gasteiger partial charge on any atom is -0.359 e. The fourth-order valence-corrected chi connectivity index (χ4v) is 1.44. The molecular weight excluding hydrogens is 188 g/mol. The van der Waals surface area contributed by atoms with Gasteiger partial charge >= 0.3 is 0 Å². The maximum atomic E-state index is 5.54. The first-order valence-electron chi connectivity index (χ1n) is 5.12. The summed E-state index contributed by atoms with van der Waals surface area (Å²) in [5, 5.41) is 0. The Balaban J connectivity index is 2.46. The van der Waals surface area contributed by atoms with E-state index in [9.17, 15) is 0 Å². The van der Waals surface area contributed by atoms with E-state index in [1.165, 1.54) is 5.56 Å². The van der Waals surface area contributed by atoms with Gasteiger partial charge in [-0.1, -0.05) is 36.4 Å². The lowest BCUT2D eigenvalue weighted by Gasteiger charge is -2.15. The van der Waals surface area contributed by atoms with Gasteiger partial charge in [0.1, 0.15) is 6.79 Å². The molecule has 1 aromatic rings. The third kappa shape index (κ3) is 4.77. The predicted octanol–water partition coefficient (Wildman–Crippen LogP) is 2.79. The zero-order valence-corrected chi connectivity index (χ0v) is 9.19. The summed E-state index contributed by atoms with van der Waals surface area (Å²) in [4.78, 5) is 0. The molecular formula is C13H18O2. The van der Waals surface area contributed by atoms with E-state index in [1.54, 1.807) is 7.11 Å². The Hall–Kier alpha value is -1.12. The highest BCUT2D eigenvalue weighted by Gasteiger charge is 2.07. The summed E-state index contributed by atoms with van der Waals surface area (Å²) in [7, 11) is 1.63. The fraction of sp³-hybridized carbons (Fsp3) is 0.385. The normalized spacial score (nSPS) is 12.3. The van der Waals surface area contributed by atoms with Gasteiger partial charge in [-0.15, -0.1) is 6.58 Å². The Morgan fingerprint density at radius 1 is 1.33 bits per heavy atom. The molecule has 0 aliphatic carbocycles. The van der Waals surface area contributed by atoms with Crippen LogP contribution in [-0.2, 0) is 15.9 Å². The Labute approximate surface area is 91.5 Å². The largest absolute Gasteiger partial charge is 0.359 e. The number of benzene rings is 1. The van der Waals surface area contributed by atoms with Crippen molar-refractivity contribution >= 4 is 0 Å². The first kappa shape index (κ1) is 12.0. The van der Waals surface area contributed by atoms with Crippen molar-refractivity contribution in [3.05, 3.63) is 48.6 Å². The van der Waals surface area contributed by atoms with Gasteiger partial charge in [-0.2, -0.15) is 0 Å². The van der Waals surface area contributed by atoms with Crippen LogP contribution in [0.1, 0.15) is 12.0 Å². The molecule has 2 heteroatoms. The van der Waals surface area contributed by atoms with Gasteiger partial charge in [0.25, 0.3) is 0 Å². The number of rotatable bonds is 7. The quantitative estimate of drug-likeness (QED) is 0.504. The van der Waals surface area contributed by atoms with Gasteiger partial charge in [0.05, 0.1) is 6.10 Å². The molecule has 0 spiro atoms. The summed E-state index contributed by atoms with van der Waals surface area (Å²) in [6, 6.07) is 10.3. The molecule has 1 aromatic carbocycles. The van der Waals surface area contributed by atoms with E-state index < -0.39 is 0 Å². The monoisotopic (exact) mass is 206 g/mol. The molecule has 0 aliphatic rings. The second-order valence-corrected chi connectivity index (χ2v) is 3.41. The maximum absolute atomic E-state index is 5.54. The Morgan fingerprint density at radius 2 is 2.07 bits per heavy atom. The van der Waals surface area contributed by atoms with Crippen molar-refractivity contribution in [2.24, 2.45) is 0 Å². The van der Waals surface area contributed by atoms with Crippen LogP contribution in [0.15, 0.2) is 43.0 Å². The highest BCUT2D eigenvalue weighted by molar-refractivity contribution is 5.15. The van der Waals surface area contributed by atoms with Crippen LogP contribution >= 0.6 is 0 Å². The molecule has 0 bridgehead atoms. The minimum atomic E-state index is 0.157. The molecule has 0 saturated carbocycles. The van der Waals surface area contributed by atoms with Crippen LogP contribution in [0.3, 0.4) is 0 Å². The Morgan fingerprint density at radius 3 is 2.67 bits per heavy atom. The zero-order valence-electron chi connectivity index (χ0n) is 9.19. The van der Waals surface area contributed by atoms with E-state index in [0.29, 0.717) is 6.79 Å². The highest BCUT2D eigenvalue weighted by Crippen LogP contribution is 2.09. The average molecular weight is 206 g/mol. The van der Waals surface area contributed by atoms with Gasteiger partial charge in [0.2, 0.25) is 0 Å². The van der Waals surface area contributed by atoms with Gasteiger partial charge in [-0.05, 0) is 18.4 Å². The van der Waals surface area contributed by atoms with Crippen molar-refractivity contribution in [3.63, 3.8) is 0 Å². The average Bonchev–Trinajstić information content (AvgIpc) is 2.28. The Bertz CT molecular complexity index is 269. The van der Waals surface area contributed by atoms with Crippen LogP contribution in [0.5, 0.6) is 0 Å². The molecule has 2 nitrogen and oxygen atoms in total. The van der Waals surface area contributed by atoms with Gasteiger partial charge in [-0.3, -0.25) is 0 Å². The smallest absolute Gasteiger partial charge is 0.146 e. The summed E-state index contributed by atoms with van der Waals surface area (Å²) >= 11 is 0. The second kappa shape index (κ2) is 7.21. The van der Waals surface area contributed by atoms with Gasteiger partial charge in [0, 0.05) is 7.11 Å². The van der Waals surface area contributed by atoms with E-state index >= 15 is 0 Å². The third-order valence-corrected chi connectivity index (χ3v) is 2.16. The van der Waals surface area contributed by atoms with E-state index in [1.807, 2.05) is 24.3 Å². The van der Waals surface area contributed by atoms with E-state index in [0.717, 1.165) is 12.8 Å². The molecule has 1 rings (SSSR count). The molecule has 0 aliphatic heterocycles. The molecule has 82 valence electrons. The first-order chi connectivity index (χ1) is 7.36. The van der Waals surface area contributed by atoms with Crippen molar-refractivity contribution in [2.75, 3.05) is 13.9 Å². The highest BCUT2D eigenvalue weighted by atomic mass is 16.7. The molecule has 0 aromatic heterocycles. The lowest BCUT2D eigenvalue weighted by molar-refractivity contribution is -0.0698. The standard InChI is InChI=1S/C13H18O2/c1-3-7-13(15-11-14-2)10-12-8-5-4-6-9-12/h3-6,8-9,13H,1,7,10-11H2,2H3. The molecule has 1 atom stereocenters. The number of hydrogen-bond donors (Lipinski definition) is 0. The van der Waals surface area contributed by atoms with E-state index in [2.05, 4.69) is 18.7 Å². The maximum Gasteiger partial charge on any atom is 0.146 e. The molecule has 0 saturated heterocycles. The first-order valence-corrected chi connectivity index (χ1v) is 5.12. The van der Waals surface area contributed by atoms with Crippen LogP contribution in [0, 0.1) is 0 Å². The molecule has 0 radical (unpaired) electrons. The van der Waals surface area contributed by atoms with Crippen molar-refractivity contribution in [1.29, 1.82) is 0 Å². The lowest BCUT2D eigenvalue weighted by Crippen LogP contribution is -2.16. The number of methoxy groups -OCH3 is 1. The van der Waals surface area contributed by atoms with Crippen molar-refractivity contribution in [3.8, 4) is 0 Å². The van der Waals surface area contributed by atoms with Crippen LogP contribution < -0.4 is 0 Å². The van der Waals surface area contributed by atoms with Crippen LogP contribution in [0.4, 0.5) is 0 Å². The summed E-state index contributed by atoms with van der Waals surface area (Å²) < 4.78 is 10.4. The lowest BCUT2D eigenvalue weighted by atomic mass is 10.1. The zero-order chi connectivity index (χ0) is 10.9. The van der Waals surface area contributed by atoms with Crippen LogP contribution in [0.25, 0.3) is 0 Å². The SMILES string of the molecule is C=CCC(Cc1ccccc1)OCOC. The molecule has 0 heterocycles. The van der Waals surface area contributed by atoms with Gasteiger partial charge in [0.15, 0.2) is 0 Å². The van der Waals surface area contributed by atoms with Crippen molar-refractivity contribution in [2.45, 2.75) is 18.9 Å². The van der Waals surface area contributed by atoms with Crippen molar-refractivity contribution < 1.29 is 9.47 Å².